The van der Waals surface area contributed by atoms with Crippen molar-refractivity contribution in [3.8, 4) is 22.5 Å². The zero-order chi connectivity index (χ0) is 14.7. The van der Waals surface area contributed by atoms with Gasteiger partial charge in [-0.25, -0.2) is 9.97 Å². The molecule has 0 amide bonds. The van der Waals surface area contributed by atoms with Gasteiger partial charge in [-0.1, -0.05) is 72.3 Å². The van der Waals surface area contributed by atoms with Gasteiger partial charge in [0.25, 0.3) is 0 Å². The highest BCUT2D eigenvalue weighted by Gasteiger charge is 2.15. The zero-order valence-corrected chi connectivity index (χ0v) is 11.8. The molecule has 0 N–H and O–H groups in total. The molecule has 0 unspecified atom stereocenters. The van der Waals surface area contributed by atoms with Crippen molar-refractivity contribution in [1.29, 1.82) is 0 Å². The molecule has 1 heterocycles. The number of hydrogen-bond acceptors (Lipinski definition) is 3. The van der Waals surface area contributed by atoms with Crippen molar-refractivity contribution in [2.75, 3.05) is 0 Å². The fourth-order valence-electron chi connectivity index (χ4n) is 2.10. The van der Waals surface area contributed by atoms with Crippen molar-refractivity contribution in [1.82, 2.24) is 9.97 Å². The van der Waals surface area contributed by atoms with Crippen LogP contribution in [0.15, 0.2) is 60.7 Å². The fraction of sp³-hybridized carbons (Fsp3) is 0. The smallest absolute Gasteiger partial charge is 0.171 e. The number of nitrogens with zero attached hydrogens (tertiary/aromatic N) is 2. The lowest BCUT2D eigenvalue weighted by Gasteiger charge is -2.10. The molecule has 0 aliphatic heterocycles. The Morgan fingerprint density at radius 3 is 1.71 bits per heavy atom. The van der Waals surface area contributed by atoms with Crippen LogP contribution < -0.4 is 0 Å². The first-order chi connectivity index (χ1) is 10.3. The number of benzene rings is 2. The quantitative estimate of drug-likeness (QED) is 0.677. The van der Waals surface area contributed by atoms with E-state index in [-0.39, 0.29) is 10.8 Å². The molecule has 21 heavy (non-hydrogen) atoms. The Labute approximate surface area is 127 Å². The van der Waals surface area contributed by atoms with Crippen LogP contribution in [0.1, 0.15) is 10.5 Å². The molecule has 3 nitrogen and oxygen atoms in total. The van der Waals surface area contributed by atoms with Gasteiger partial charge < -0.3 is 0 Å². The first kappa shape index (κ1) is 13.5. The third-order valence-corrected chi connectivity index (χ3v) is 3.36. The Kier molecular flexibility index (Phi) is 3.75. The lowest BCUT2D eigenvalue weighted by Crippen LogP contribution is -1.99. The number of carbonyl (C=O) groups is 1. The van der Waals surface area contributed by atoms with E-state index in [0.29, 0.717) is 17.7 Å². The SMILES string of the molecule is O=Cc1nc(-c2ccccc2)c(-c2ccccc2)nc1Cl. The first-order valence-electron chi connectivity index (χ1n) is 6.43. The number of aromatic nitrogens is 2. The minimum absolute atomic E-state index is 0.114. The summed E-state index contributed by atoms with van der Waals surface area (Å²) in [7, 11) is 0. The summed E-state index contributed by atoms with van der Waals surface area (Å²) in [5.74, 6) is 0. The highest BCUT2D eigenvalue weighted by molar-refractivity contribution is 6.31. The average Bonchev–Trinajstić information content (AvgIpc) is 2.56. The molecular formula is C17H11ClN2O. The maximum Gasteiger partial charge on any atom is 0.171 e. The molecule has 1 aromatic heterocycles. The largest absolute Gasteiger partial charge is 0.296 e. The second-order valence-electron chi connectivity index (χ2n) is 4.45. The molecule has 0 bridgehead atoms. The third-order valence-electron chi connectivity index (χ3n) is 3.08. The van der Waals surface area contributed by atoms with Gasteiger partial charge in [0, 0.05) is 11.1 Å². The minimum atomic E-state index is 0.114. The van der Waals surface area contributed by atoms with E-state index in [9.17, 15) is 4.79 Å². The second kappa shape index (κ2) is 5.85. The van der Waals surface area contributed by atoms with Crippen LogP contribution in [0.3, 0.4) is 0 Å². The van der Waals surface area contributed by atoms with E-state index in [0.717, 1.165) is 11.1 Å². The number of halogens is 1. The van der Waals surface area contributed by atoms with E-state index in [1.165, 1.54) is 0 Å². The molecule has 3 aromatic rings. The topological polar surface area (TPSA) is 42.9 Å². The van der Waals surface area contributed by atoms with Gasteiger partial charge in [-0.15, -0.1) is 0 Å². The van der Waals surface area contributed by atoms with E-state index >= 15 is 0 Å². The molecule has 0 radical (unpaired) electrons. The van der Waals surface area contributed by atoms with Gasteiger partial charge in [0.05, 0.1) is 11.4 Å². The maximum atomic E-state index is 11.1. The van der Waals surface area contributed by atoms with Crippen molar-refractivity contribution in [3.63, 3.8) is 0 Å². The molecule has 0 aliphatic rings. The van der Waals surface area contributed by atoms with Crippen molar-refractivity contribution in [2.24, 2.45) is 0 Å². The fourth-order valence-corrected chi connectivity index (χ4v) is 2.27. The minimum Gasteiger partial charge on any atom is -0.296 e. The molecular weight excluding hydrogens is 284 g/mol. The summed E-state index contributed by atoms with van der Waals surface area (Å²) in [5.41, 5.74) is 3.26. The van der Waals surface area contributed by atoms with E-state index < -0.39 is 0 Å². The summed E-state index contributed by atoms with van der Waals surface area (Å²) in [6, 6.07) is 19.3. The molecule has 0 spiro atoms. The molecule has 0 aliphatic carbocycles. The summed E-state index contributed by atoms with van der Waals surface area (Å²) in [5, 5.41) is 0.114. The molecule has 0 atom stereocenters. The van der Waals surface area contributed by atoms with Crippen LogP contribution in [0.5, 0.6) is 0 Å². The van der Waals surface area contributed by atoms with E-state index in [4.69, 9.17) is 11.6 Å². The molecule has 0 saturated carbocycles. The highest BCUT2D eigenvalue weighted by atomic mass is 35.5. The summed E-state index contributed by atoms with van der Waals surface area (Å²) < 4.78 is 0. The summed E-state index contributed by atoms with van der Waals surface area (Å²) in [4.78, 5) is 19.8. The number of carbonyl (C=O) groups excluding carboxylic acids is 1. The highest BCUT2D eigenvalue weighted by Crippen LogP contribution is 2.30. The Balaban J connectivity index is 2.28. The standard InChI is InChI=1S/C17H11ClN2O/c18-17-14(11-21)19-15(12-7-3-1-4-8-12)16(20-17)13-9-5-2-6-10-13/h1-11H. The normalized spacial score (nSPS) is 10.3. The van der Waals surface area contributed by atoms with Crippen molar-refractivity contribution in [3.05, 3.63) is 71.5 Å². The van der Waals surface area contributed by atoms with Crippen LogP contribution in [0, 0.1) is 0 Å². The second-order valence-corrected chi connectivity index (χ2v) is 4.80. The Morgan fingerprint density at radius 2 is 1.24 bits per heavy atom. The van der Waals surface area contributed by atoms with Crippen LogP contribution in [0.4, 0.5) is 0 Å². The van der Waals surface area contributed by atoms with Gasteiger partial charge in [0.15, 0.2) is 11.4 Å². The van der Waals surface area contributed by atoms with Gasteiger partial charge in [0.1, 0.15) is 5.69 Å². The maximum absolute atomic E-state index is 11.1. The van der Waals surface area contributed by atoms with E-state index in [2.05, 4.69) is 9.97 Å². The molecule has 2 aromatic carbocycles. The van der Waals surface area contributed by atoms with Crippen molar-refractivity contribution >= 4 is 17.9 Å². The van der Waals surface area contributed by atoms with Gasteiger partial charge >= 0.3 is 0 Å². The van der Waals surface area contributed by atoms with Gasteiger partial charge in [0.2, 0.25) is 0 Å². The average molecular weight is 295 g/mol. The summed E-state index contributed by atoms with van der Waals surface area (Å²) >= 11 is 6.03. The van der Waals surface area contributed by atoms with Gasteiger partial charge in [-0.3, -0.25) is 4.79 Å². The van der Waals surface area contributed by atoms with Gasteiger partial charge in [-0.2, -0.15) is 0 Å². The predicted octanol–water partition coefficient (Wildman–Crippen LogP) is 4.28. The number of rotatable bonds is 3. The predicted molar refractivity (Wildman–Crippen MR) is 83.3 cm³/mol. The lowest BCUT2D eigenvalue weighted by atomic mass is 10.0. The van der Waals surface area contributed by atoms with Crippen LogP contribution in [-0.4, -0.2) is 16.3 Å². The van der Waals surface area contributed by atoms with E-state index in [1.807, 2.05) is 60.7 Å². The molecule has 102 valence electrons. The van der Waals surface area contributed by atoms with Crippen molar-refractivity contribution < 1.29 is 4.79 Å². The lowest BCUT2D eigenvalue weighted by molar-refractivity contribution is 0.111. The van der Waals surface area contributed by atoms with Gasteiger partial charge in [-0.05, 0) is 0 Å². The van der Waals surface area contributed by atoms with Crippen LogP contribution in [0.2, 0.25) is 5.15 Å². The van der Waals surface area contributed by atoms with Crippen LogP contribution >= 0.6 is 11.6 Å². The van der Waals surface area contributed by atoms with Crippen LogP contribution in [-0.2, 0) is 0 Å². The molecule has 0 saturated heterocycles. The van der Waals surface area contributed by atoms with Crippen molar-refractivity contribution in [2.45, 2.75) is 0 Å². The monoisotopic (exact) mass is 294 g/mol. The Bertz CT molecular complexity index is 774. The zero-order valence-electron chi connectivity index (χ0n) is 11.0. The Morgan fingerprint density at radius 1 is 0.762 bits per heavy atom. The number of hydrogen-bond donors (Lipinski definition) is 0. The molecule has 3 rings (SSSR count). The third kappa shape index (κ3) is 2.69. The van der Waals surface area contributed by atoms with Crippen LogP contribution in [0.25, 0.3) is 22.5 Å². The number of aldehydes is 1. The summed E-state index contributed by atoms with van der Waals surface area (Å²) in [6.07, 6.45) is 0.622. The Hall–Kier alpha value is -2.52. The summed E-state index contributed by atoms with van der Waals surface area (Å²) in [6.45, 7) is 0. The van der Waals surface area contributed by atoms with E-state index in [1.54, 1.807) is 0 Å². The molecule has 0 fully saturated rings. The molecule has 4 heteroatoms. The first-order valence-corrected chi connectivity index (χ1v) is 6.81.